The van der Waals surface area contributed by atoms with Crippen molar-refractivity contribution < 1.29 is 9.53 Å². The van der Waals surface area contributed by atoms with Crippen LogP contribution < -0.4 is 5.32 Å². The molecule has 0 spiro atoms. The molecule has 0 bridgehead atoms. The first-order valence-corrected chi connectivity index (χ1v) is 5.19. The molecule has 1 rings (SSSR count). The first kappa shape index (κ1) is 10.5. The predicted molar refractivity (Wildman–Crippen MR) is 51.5 cm³/mol. The van der Waals surface area contributed by atoms with E-state index in [0.717, 1.165) is 19.5 Å². The number of ether oxygens (including phenoxy) is 1. The van der Waals surface area contributed by atoms with Crippen LogP contribution in [0, 0.1) is 5.92 Å². The van der Waals surface area contributed by atoms with Crippen molar-refractivity contribution in [2.24, 2.45) is 5.92 Å². The molecule has 0 amide bonds. The van der Waals surface area contributed by atoms with Crippen molar-refractivity contribution >= 4 is 5.97 Å². The van der Waals surface area contributed by atoms with Crippen molar-refractivity contribution in [1.29, 1.82) is 0 Å². The highest BCUT2D eigenvalue weighted by Crippen LogP contribution is 2.15. The lowest BCUT2D eigenvalue weighted by Crippen LogP contribution is -2.30. The van der Waals surface area contributed by atoms with Crippen molar-refractivity contribution in [2.75, 3.05) is 19.7 Å². The van der Waals surface area contributed by atoms with Crippen molar-refractivity contribution in [3.8, 4) is 0 Å². The Morgan fingerprint density at radius 1 is 1.62 bits per heavy atom. The Kier molecular flexibility index (Phi) is 4.83. The third kappa shape index (κ3) is 4.27. The fraction of sp³-hybridized carbons (Fsp3) is 0.900. The highest BCUT2D eigenvalue weighted by molar-refractivity contribution is 5.69. The van der Waals surface area contributed by atoms with Gasteiger partial charge in [0.25, 0.3) is 0 Å². The number of hydrogen-bond donors (Lipinski definition) is 1. The van der Waals surface area contributed by atoms with E-state index >= 15 is 0 Å². The van der Waals surface area contributed by atoms with E-state index in [1.54, 1.807) is 0 Å². The molecule has 1 fully saturated rings. The lowest BCUT2D eigenvalue weighted by molar-refractivity contribution is -0.143. The van der Waals surface area contributed by atoms with Gasteiger partial charge >= 0.3 is 5.97 Å². The van der Waals surface area contributed by atoms with E-state index in [2.05, 4.69) is 5.32 Å². The second kappa shape index (κ2) is 5.97. The maximum Gasteiger partial charge on any atom is 0.305 e. The smallest absolute Gasteiger partial charge is 0.305 e. The minimum absolute atomic E-state index is 0.0481. The predicted octanol–water partition coefficient (Wildman–Crippen LogP) is 1.33. The number of piperidine rings is 1. The van der Waals surface area contributed by atoms with Crippen LogP contribution in [0.2, 0.25) is 0 Å². The second-order valence-electron chi connectivity index (χ2n) is 3.56. The average molecular weight is 185 g/mol. The Balaban J connectivity index is 2.06. The Morgan fingerprint density at radius 2 is 2.46 bits per heavy atom. The summed E-state index contributed by atoms with van der Waals surface area (Å²) in [4.78, 5) is 11.0. The molecule has 1 N–H and O–H groups in total. The van der Waals surface area contributed by atoms with Crippen LogP contribution in [0.15, 0.2) is 0 Å². The van der Waals surface area contributed by atoms with Crippen molar-refractivity contribution in [3.05, 3.63) is 0 Å². The van der Waals surface area contributed by atoms with Crippen molar-refractivity contribution in [3.63, 3.8) is 0 Å². The Morgan fingerprint density at radius 3 is 3.08 bits per heavy atom. The molecule has 0 unspecified atom stereocenters. The number of carbonyl (C=O) groups is 1. The third-order valence-corrected chi connectivity index (χ3v) is 2.46. The van der Waals surface area contributed by atoms with Gasteiger partial charge < -0.3 is 10.1 Å². The van der Waals surface area contributed by atoms with Gasteiger partial charge in [-0.25, -0.2) is 0 Å². The molecule has 1 saturated heterocycles. The molecule has 76 valence electrons. The normalized spacial score (nSPS) is 22.7. The molecule has 3 heteroatoms. The van der Waals surface area contributed by atoms with Crippen LogP contribution >= 0.6 is 0 Å². The van der Waals surface area contributed by atoms with Crippen LogP contribution in [0.5, 0.6) is 0 Å². The lowest BCUT2D eigenvalue weighted by Gasteiger charge is -2.21. The summed E-state index contributed by atoms with van der Waals surface area (Å²) in [5.74, 6) is 0.631. The lowest BCUT2D eigenvalue weighted by atomic mass is 9.95. The summed E-state index contributed by atoms with van der Waals surface area (Å²) in [6, 6.07) is 0. The molecule has 1 heterocycles. The molecule has 13 heavy (non-hydrogen) atoms. The summed E-state index contributed by atoms with van der Waals surface area (Å²) in [7, 11) is 0. The van der Waals surface area contributed by atoms with Crippen molar-refractivity contribution in [1.82, 2.24) is 5.32 Å². The maximum absolute atomic E-state index is 11.0. The molecule has 1 aliphatic rings. The van der Waals surface area contributed by atoms with Crippen LogP contribution in [-0.4, -0.2) is 25.7 Å². The second-order valence-corrected chi connectivity index (χ2v) is 3.56. The minimum Gasteiger partial charge on any atom is -0.466 e. The fourth-order valence-electron chi connectivity index (χ4n) is 1.73. The molecule has 0 aliphatic carbocycles. The van der Waals surface area contributed by atoms with Gasteiger partial charge in [-0.15, -0.1) is 0 Å². The van der Waals surface area contributed by atoms with E-state index in [0.29, 0.717) is 18.9 Å². The summed E-state index contributed by atoms with van der Waals surface area (Å²) in [5.41, 5.74) is 0. The highest BCUT2D eigenvalue weighted by Gasteiger charge is 2.14. The average Bonchev–Trinajstić information content (AvgIpc) is 2.17. The number of hydrogen-bond acceptors (Lipinski definition) is 3. The molecule has 0 aromatic rings. The van der Waals surface area contributed by atoms with Crippen molar-refractivity contribution in [2.45, 2.75) is 32.6 Å². The molecule has 0 radical (unpaired) electrons. The van der Waals surface area contributed by atoms with Gasteiger partial charge in [-0.2, -0.15) is 0 Å². The molecular weight excluding hydrogens is 166 g/mol. The highest BCUT2D eigenvalue weighted by atomic mass is 16.5. The van der Waals surface area contributed by atoms with Gasteiger partial charge in [0.2, 0.25) is 0 Å². The summed E-state index contributed by atoms with van der Waals surface area (Å²) in [6.07, 6.45) is 4.06. The van der Waals surface area contributed by atoms with Crippen LogP contribution in [0.25, 0.3) is 0 Å². The van der Waals surface area contributed by atoms with Gasteiger partial charge in [-0.3, -0.25) is 4.79 Å². The summed E-state index contributed by atoms with van der Waals surface area (Å²) >= 11 is 0. The maximum atomic E-state index is 11.0. The van der Waals surface area contributed by atoms with E-state index in [1.165, 1.54) is 12.8 Å². The molecule has 3 nitrogen and oxygen atoms in total. The number of carbonyl (C=O) groups excluding carboxylic acids is 1. The van der Waals surface area contributed by atoms with E-state index in [4.69, 9.17) is 4.74 Å². The van der Waals surface area contributed by atoms with Gasteiger partial charge in [0.1, 0.15) is 0 Å². The Labute approximate surface area is 79.8 Å². The first-order valence-electron chi connectivity index (χ1n) is 5.19. The van der Waals surface area contributed by atoms with Gasteiger partial charge in [-0.05, 0) is 45.2 Å². The summed E-state index contributed by atoms with van der Waals surface area (Å²) in [5, 5.41) is 3.34. The molecular formula is C10H19NO2. The van der Waals surface area contributed by atoms with Crippen LogP contribution in [0.1, 0.15) is 32.6 Å². The molecule has 0 aromatic carbocycles. The molecule has 0 aromatic heterocycles. The van der Waals surface area contributed by atoms with E-state index in [9.17, 15) is 4.79 Å². The van der Waals surface area contributed by atoms with Crippen LogP contribution in [-0.2, 0) is 9.53 Å². The molecule has 1 atom stereocenters. The zero-order valence-electron chi connectivity index (χ0n) is 8.34. The van der Waals surface area contributed by atoms with Crippen LogP contribution in [0.4, 0.5) is 0 Å². The topological polar surface area (TPSA) is 38.3 Å². The largest absolute Gasteiger partial charge is 0.466 e. The molecule has 0 saturated carbocycles. The minimum atomic E-state index is -0.0481. The first-order chi connectivity index (χ1) is 6.33. The SMILES string of the molecule is CCOC(=O)CC[C@@H]1CCCNC1. The number of esters is 1. The Hall–Kier alpha value is -0.570. The van der Waals surface area contributed by atoms with Gasteiger partial charge in [-0.1, -0.05) is 0 Å². The third-order valence-electron chi connectivity index (χ3n) is 2.46. The number of rotatable bonds is 4. The van der Waals surface area contributed by atoms with Crippen LogP contribution in [0.3, 0.4) is 0 Å². The van der Waals surface area contributed by atoms with E-state index in [1.807, 2.05) is 6.92 Å². The standard InChI is InChI=1S/C10H19NO2/c1-2-13-10(12)6-5-9-4-3-7-11-8-9/h9,11H,2-8H2,1H3/t9-/m0/s1. The Bertz CT molecular complexity index is 153. The van der Waals surface area contributed by atoms with E-state index < -0.39 is 0 Å². The fourth-order valence-corrected chi connectivity index (χ4v) is 1.73. The van der Waals surface area contributed by atoms with E-state index in [-0.39, 0.29) is 5.97 Å². The zero-order chi connectivity index (χ0) is 9.52. The summed E-state index contributed by atoms with van der Waals surface area (Å²) < 4.78 is 4.87. The van der Waals surface area contributed by atoms with Gasteiger partial charge in [0, 0.05) is 6.42 Å². The quantitative estimate of drug-likeness (QED) is 0.671. The molecule has 1 aliphatic heterocycles. The number of nitrogens with one attached hydrogen (secondary N) is 1. The zero-order valence-corrected chi connectivity index (χ0v) is 8.34. The summed E-state index contributed by atoms with van der Waals surface area (Å²) in [6.45, 7) is 4.55. The monoisotopic (exact) mass is 185 g/mol. The van der Waals surface area contributed by atoms with Gasteiger partial charge in [0.05, 0.1) is 6.61 Å². The van der Waals surface area contributed by atoms with Gasteiger partial charge in [0.15, 0.2) is 0 Å².